The first kappa shape index (κ1) is 35.6. The van der Waals surface area contributed by atoms with E-state index in [4.69, 9.17) is 42.9 Å². The topological polar surface area (TPSA) is 182 Å². The highest BCUT2D eigenvalue weighted by molar-refractivity contribution is 7.99. The molecule has 14 nitrogen and oxygen atoms in total. The molecule has 0 radical (unpaired) electrons. The molecule has 5 rings (SSSR count). The number of amides is 1. The summed E-state index contributed by atoms with van der Waals surface area (Å²) in [6, 6.07) is 18.7. The van der Waals surface area contributed by atoms with Crippen molar-refractivity contribution >= 4 is 35.6 Å². The second kappa shape index (κ2) is 17.1. The van der Waals surface area contributed by atoms with Crippen molar-refractivity contribution in [2.75, 3.05) is 51.2 Å². The summed E-state index contributed by atoms with van der Waals surface area (Å²) in [6.07, 6.45) is 3.37. The number of nitrogens with two attached hydrogens (primary N) is 2. The van der Waals surface area contributed by atoms with Crippen LogP contribution in [0, 0.1) is 4.77 Å². The summed E-state index contributed by atoms with van der Waals surface area (Å²) in [5.74, 6) is 15.4. The normalized spacial score (nSPS) is 10.5. The number of ether oxygens (including phenoxy) is 4. The minimum Gasteiger partial charge on any atom is -0.493 e. The van der Waals surface area contributed by atoms with Crippen molar-refractivity contribution < 1.29 is 23.7 Å². The lowest BCUT2D eigenvalue weighted by atomic mass is 10.1. The molecule has 0 atom stereocenters. The second-order valence-corrected chi connectivity index (χ2v) is 11.5. The standard InChI is InChI=1S/C22H27N5O3S.C10H12N4O2S/c1-4-5-6-15-7-10-17(11-8-15)24-20(28)14-31-22-26-25-21(27(22)23)16-9-12-18(29-2)19(13-16)30-3;1-15-7-4-3-6(5-8(7)16-2)9-12-13-10(17)14(9)11/h7-13H,4-6,14,23H2,1-3H3,(H,24,28);3-5H,11H2,1-2H3,(H,13,17). The number of thioether (sulfide) groups is 1. The number of H-pyrrole nitrogens is 1. The fourth-order valence-corrected chi connectivity index (χ4v) is 5.28. The molecule has 0 bridgehead atoms. The van der Waals surface area contributed by atoms with Gasteiger partial charge in [-0.1, -0.05) is 37.2 Å². The monoisotopic (exact) mass is 693 g/mol. The Bertz CT molecular complexity index is 1870. The van der Waals surface area contributed by atoms with Crippen LogP contribution in [-0.4, -0.2) is 69.8 Å². The predicted molar refractivity (Wildman–Crippen MR) is 189 cm³/mol. The molecule has 0 unspecified atom stereocenters. The number of rotatable bonds is 13. The Morgan fingerprint density at radius 3 is 1.94 bits per heavy atom. The largest absolute Gasteiger partial charge is 0.493 e. The van der Waals surface area contributed by atoms with Gasteiger partial charge in [-0.2, -0.15) is 5.10 Å². The van der Waals surface area contributed by atoms with Gasteiger partial charge in [0.05, 0.1) is 34.2 Å². The van der Waals surface area contributed by atoms with Crippen LogP contribution in [0.2, 0.25) is 0 Å². The third-order valence-corrected chi connectivity index (χ3v) is 8.27. The van der Waals surface area contributed by atoms with E-state index in [0.717, 1.165) is 36.1 Å². The maximum absolute atomic E-state index is 12.3. The Kier molecular flexibility index (Phi) is 12.7. The van der Waals surface area contributed by atoms with Crippen LogP contribution in [0.15, 0.2) is 65.8 Å². The molecule has 6 N–H and O–H groups in total. The molecule has 0 aliphatic heterocycles. The average Bonchev–Trinajstić information content (AvgIpc) is 3.66. The van der Waals surface area contributed by atoms with E-state index < -0.39 is 0 Å². The van der Waals surface area contributed by atoms with Crippen LogP contribution in [0.25, 0.3) is 22.8 Å². The summed E-state index contributed by atoms with van der Waals surface area (Å²) in [5.41, 5.74) is 3.56. The number of unbranched alkanes of at least 4 members (excludes halogenated alkanes) is 1. The molecule has 3 aromatic carbocycles. The van der Waals surface area contributed by atoms with Crippen molar-refractivity contribution in [3.63, 3.8) is 0 Å². The van der Waals surface area contributed by atoms with Crippen LogP contribution in [0.1, 0.15) is 25.3 Å². The van der Waals surface area contributed by atoms with Crippen molar-refractivity contribution in [1.82, 2.24) is 29.7 Å². The smallest absolute Gasteiger partial charge is 0.234 e. The number of aromatic nitrogens is 6. The lowest BCUT2D eigenvalue weighted by molar-refractivity contribution is -0.113. The zero-order chi connectivity index (χ0) is 34.6. The van der Waals surface area contributed by atoms with Crippen LogP contribution in [0.5, 0.6) is 23.0 Å². The number of carbonyl (C=O) groups is 1. The number of benzene rings is 3. The molecule has 0 saturated heterocycles. The zero-order valence-electron chi connectivity index (χ0n) is 27.4. The third kappa shape index (κ3) is 8.77. The summed E-state index contributed by atoms with van der Waals surface area (Å²) in [7, 11) is 6.29. The zero-order valence-corrected chi connectivity index (χ0v) is 29.0. The fourth-order valence-electron chi connectivity index (χ4n) is 4.49. The Labute approximate surface area is 287 Å². The van der Waals surface area contributed by atoms with Crippen molar-refractivity contribution in [3.8, 4) is 45.8 Å². The number of hydrogen-bond acceptors (Lipinski definition) is 12. The lowest BCUT2D eigenvalue weighted by Crippen LogP contribution is -2.16. The van der Waals surface area contributed by atoms with E-state index in [1.165, 1.54) is 26.7 Å². The number of anilines is 1. The van der Waals surface area contributed by atoms with E-state index in [1.807, 2.05) is 36.4 Å². The highest BCUT2D eigenvalue weighted by atomic mass is 32.2. The number of nitrogen functional groups attached to an aromatic ring is 2. The van der Waals surface area contributed by atoms with Crippen molar-refractivity contribution in [2.45, 2.75) is 31.3 Å². The molecule has 2 heterocycles. The minimum atomic E-state index is -0.137. The number of carbonyl (C=O) groups excluding carboxylic acids is 1. The van der Waals surface area contributed by atoms with Gasteiger partial charge >= 0.3 is 0 Å². The summed E-state index contributed by atoms with van der Waals surface area (Å²) >= 11 is 6.17. The fraction of sp³-hybridized carbons (Fsp3) is 0.281. The highest BCUT2D eigenvalue weighted by Gasteiger charge is 2.16. The predicted octanol–water partition coefficient (Wildman–Crippen LogP) is 5.09. The Morgan fingerprint density at radius 2 is 1.42 bits per heavy atom. The van der Waals surface area contributed by atoms with Gasteiger partial charge in [0.25, 0.3) is 0 Å². The SMILES string of the molecule is CCCCc1ccc(NC(=O)CSc2nnc(-c3ccc(OC)c(OC)c3)n2N)cc1.COc1ccc(-c2n[nH]c(=S)n2N)cc1OC. The van der Waals surface area contributed by atoms with Crippen LogP contribution in [0.3, 0.4) is 0 Å². The quantitative estimate of drug-likeness (QED) is 0.0730. The van der Waals surface area contributed by atoms with Gasteiger partial charge in [0, 0.05) is 16.8 Å². The molecule has 1 amide bonds. The summed E-state index contributed by atoms with van der Waals surface area (Å²) in [6.45, 7) is 2.17. The van der Waals surface area contributed by atoms with Crippen LogP contribution >= 0.6 is 24.0 Å². The molecule has 0 fully saturated rings. The first-order valence-corrected chi connectivity index (χ1v) is 16.2. The van der Waals surface area contributed by atoms with E-state index in [9.17, 15) is 4.79 Å². The highest BCUT2D eigenvalue weighted by Crippen LogP contribution is 2.33. The van der Waals surface area contributed by atoms with Gasteiger partial charge in [-0.05, 0) is 79.2 Å². The van der Waals surface area contributed by atoms with E-state index in [0.29, 0.717) is 44.6 Å². The number of nitrogens with one attached hydrogen (secondary N) is 2. The van der Waals surface area contributed by atoms with Gasteiger partial charge in [0.1, 0.15) is 0 Å². The maximum atomic E-state index is 12.3. The third-order valence-electron chi connectivity index (χ3n) is 7.04. The molecule has 0 spiro atoms. The Morgan fingerprint density at radius 1 is 0.833 bits per heavy atom. The maximum Gasteiger partial charge on any atom is 0.234 e. The van der Waals surface area contributed by atoms with Crippen molar-refractivity contribution in [2.24, 2.45) is 0 Å². The van der Waals surface area contributed by atoms with E-state index in [1.54, 1.807) is 52.7 Å². The molecule has 0 aliphatic rings. The summed E-state index contributed by atoms with van der Waals surface area (Å²) in [5, 5.41) is 18.3. The molecular weight excluding hydrogens is 655 g/mol. The number of methoxy groups -OCH3 is 4. The molecule has 48 heavy (non-hydrogen) atoms. The molecule has 16 heteroatoms. The molecule has 0 saturated carbocycles. The summed E-state index contributed by atoms with van der Waals surface area (Å²) < 4.78 is 24.0. The van der Waals surface area contributed by atoms with Gasteiger partial charge < -0.3 is 35.9 Å². The number of aromatic amines is 1. The first-order valence-electron chi connectivity index (χ1n) is 14.8. The second-order valence-electron chi connectivity index (χ2n) is 10.2. The number of aryl methyl sites for hydroxylation is 1. The number of hydrogen-bond donors (Lipinski definition) is 4. The van der Waals surface area contributed by atoms with Crippen LogP contribution in [-0.2, 0) is 11.2 Å². The molecule has 254 valence electrons. The average molecular weight is 694 g/mol. The minimum absolute atomic E-state index is 0.137. The Hall–Kier alpha value is -5.22. The van der Waals surface area contributed by atoms with Crippen molar-refractivity contribution in [3.05, 3.63) is 71.0 Å². The van der Waals surface area contributed by atoms with E-state index >= 15 is 0 Å². The van der Waals surface area contributed by atoms with Gasteiger partial charge in [-0.25, -0.2) is 14.5 Å². The van der Waals surface area contributed by atoms with Gasteiger partial charge in [0.2, 0.25) is 15.8 Å². The van der Waals surface area contributed by atoms with Gasteiger partial charge in [-0.15, -0.1) is 10.2 Å². The molecule has 5 aromatic rings. The van der Waals surface area contributed by atoms with Crippen molar-refractivity contribution in [1.29, 1.82) is 0 Å². The van der Waals surface area contributed by atoms with Crippen LogP contribution < -0.4 is 35.9 Å². The van der Waals surface area contributed by atoms with Gasteiger partial charge in [-0.3, -0.25) is 4.79 Å². The van der Waals surface area contributed by atoms with Crippen LogP contribution in [0.4, 0.5) is 5.69 Å². The molecule has 2 aromatic heterocycles. The van der Waals surface area contributed by atoms with E-state index in [2.05, 4.69) is 32.6 Å². The number of nitrogens with zero attached hydrogens (tertiary/aromatic N) is 5. The summed E-state index contributed by atoms with van der Waals surface area (Å²) in [4.78, 5) is 12.3. The Balaban J connectivity index is 0.000000257. The lowest BCUT2D eigenvalue weighted by Gasteiger charge is -2.09. The first-order chi connectivity index (χ1) is 23.2. The van der Waals surface area contributed by atoms with Gasteiger partial charge in [0.15, 0.2) is 34.6 Å². The van der Waals surface area contributed by atoms with E-state index in [-0.39, 0.29) is 11.7 Å². The molecule has 0 aliphatic carbocycles. The molecular formula is C32H39N9O5S2.